The molecular weight excluding hydrogens is 174 g/mol. The first kappa shape index (κ1) is 9.13. The molecule has 2 nitrogen and oxygen atoms in total. The summed E-state index contributed by atoms with van der Waals surface area (Å²) in [6, 6.07) is 4.15. The summed E-state index contributed by atoms with van der Waals surface area (Å²) in [5.74, 6) is 0.935. The fourth-order valence-electron chi connectivity index (χ4n) is 1.85. The van der Waals surface area contributed by atoms with Gasteiger partial charge in [-0.25, -0.2) is 0 Å². The van der Waals surface area contributed by atoms with E-state index in [9.17, 15) is 0 Å². The molecule has 0 saturated heterocycles. The second kappa shape index (κ2) is 3.37. The largest absolute Gasteiger partial charge is 0.497 e. The fraction of sp³-hybridized carbons (Fsp3) is 0.333. The van der Waals surface area contributed by atoms with Crippen molar-refractivity contribution in [2.24, 2.45) is 0 Å². The average molecular weight is 189 g/mol. The molecule has 0 unspecified atom stereocenters. The summed E-state index contributed by atoms with van der Waals surface area (Å²) in [5.41, 5.74) is 3.81. The SMILES string of the molecule is CCc1c[nH]c2c(C)cc(OC)cc12. The highest BCUT2D eigenvalue weighted by Crippen LogP contribution is 2.27. The Morgan fingerprint density at radius 1 is 1.36 bits per heavy atom. The topological polar surface area (TPSA) is 25.0 Å². The minimum absolute atomic E-state index is 0.935. The van der Waals surface area contributed by atoms with Gasteiger partial charge in [-0.2, -0.15) is 0 Å². The van der Waals surface area contributed by atoms with Crippen molar-refractivity contribution in [2.75, 3.05) is 7.11 Å². The lowest BCUT2D eigenvalue weighted by Gasteiger charge is -2.03. The number of rotatable bonds is 2. The molecule has 74 valence electrons. The van der Waals surface area contributed by atoms with E-state index in [0.29, 0.717) is 0 Å². The van der Waals surface area contributed by atoms with Crippen molar-refractivity contribution in [1.29, 1.82) is 0 Å². The predicted octanol–water partition coefficient (Wildman–Crippen LogP) is 3.05. The predicted molar refractivity (Wildman–Crippen MR) is 59.0 cm³/mol. The monoisotopic (exact) mass is 189 g/mol. The van der Waals surface area contributed by atoms with Crippen LogP contribution in [0.15, 0.2) is 18.3 Å². The standard InChI is InChI=1S/C12H15NO/c1-4-9-7-13-12-8(2)5-10(14-3)6-11(9)12/h5-7,13H,4H2,1-3H3. The quantitative estimate of drug-likeness (QED) is 0.771. The zero-order valence-corrected chi connectivity index (χ0v) is 8.85. The zero-order chi connectivity index (χ0) is 10.1. The van der Waals surface area contributed by atoms with Crippen LogP contribution in [0.3, 0.4) is 0 Å². The minimum Gasteiger partial charge on any atom is -0.497 e. The first-order valence-electron chi connectivity index (χ1n) is 4.91. The third-order valence-electron chi connectivity index (χ3n) is 2.66. The number of fused-ring (bicyclic) bond motifs is 1. The molecule has 1 heterocycles. The lowest BCUT2D eigenvalue weighted by molar-refractivity contribution is 0.415. The molecular formula is C12H15NO. The van der Waals surface area contributed by atoms with E-state index < -0.39 is 0 Å². The van der Waals surface area contributed by atoms with Gasteiger partial charge in [0.25, 0.3) is 0 Å². The second-order valence-corrected chi connectivity index (χ2v) is 3.53. The zero-order valence-electron chi connectivity index (χ0n) is 8.85. The third-order valence-corrected chi connectivity index (χ3v) is 2.66. The summed E-state index contributed by atoms with van der Waals surface area (Å²) in [6.45, 7) is 4.26. The van der Waals surface area contributed by atoms with Gasteiger partial charge >= 0.3 is 0 Å². The summed E-state index contributed by atoms with van der Waals surface area (Å²) in [7, 11) is 1.71. The van der Waals surface area contributed by atoms with E-state index in [-0.39, 0.29) is 0 Å². The Morgan fingerprint density at radius 3 is 2.79 bits per heavy atom. The van der Waals surface area contributed by atoms with Crippen LogP contribution in [-0.4, -0.2) is 12.1 Å². The smallest absolute Gasteiger partial charge is 0.119 e. The average Bonchev–Trinajstić information content (AvgIpc) is 2.61. The molecule has 1 aromatic heterocycles. The first-order valence-corrected chi connectivity index (χ1v) is 4.91. The Bertz CT molecular complexity index is 457. The molecule has 0 spiro atoms. The van der Waals surface area contributed by atoms with Gasteiger partial charge in [-0.15, -0.1) is 0 Å². The summed E-state index contributed by atoms with van der Waals surface area (Å²) in [6.07, 6.45) is 3.13. The molecule has 0 amide bonds. The van der Waals surface area contributed by atoms with E-state index in [4.69, 9.17) is 4.74 Å². The number of aromatic nitrogens is 1. The van der Waals surface area contributed by atoms with Crippen LogP contribution in [0.4, 0.5) is 0 Å². The molecule has 14 heavy (non-hydrogen) atoms. The van der Waals surface area contributed by atoms with E-state index in [1.807, 2.05) is 0 Å². The van der Waals surface area contributed by atoms with Crippen molar-refractivity contribution in [3.05, 3.63) is 29.5 Å². The van der Waals surface area contributed by atoms with E-state index in [0.717, 1.165) is 12.2 Å². The number of H-pyrrole nitrogens is 1. The first-order chi connectivity index (χ1) is 6.76. The minimum atomic E-state index is 0.935. The van der Waals surface area contributed by atoms with Gasteiger partial charge in [-0.3, -0.25) is 0 Å². The number of benzene rings is 1. The van der Waals surface area contributed by atoms with Gasteiger partial charge in [0.2, 0.25) is 0 Å². The molecule has 0 aliphatic heterocycles. The Labute approximate surface area is 83.9 Å². The van der Waals surface area contributed by atoms with Crippen LogP contribution in [0.2, 0.25) is 0 Å². The summed E-state index contributed by atoms with van der Waals surface area (Å²) in [4.78, 5) is 3.30. The molecule has 0 fully saturated rings. The van der Waals surface area contributed by atoms with Crippen molar-refractivity contribution in [2.45, 2.75) is 20.3 Å². The molecule has 0 aliphatic rings. The van der Waals surface area contributed by atoms with Crippen LogP contribution in [0.1, 0.15) is 18.1 Å². The Morgan fingerprint density at radius 2 is 2.14 bits per heavy atom. The molecule has 2 heteroatoms. The fourth-order valence-corrected chi connectivity index (χ4v) is 1.85. The van der Waals surface area contributed by atoms with Crippen molar-refractivity contribution in [3.63, 3.8) is 0 Å². The molecule has 2 aromatic rings. The normalized spacial score (nSPS) is 10.8. The van der Waals surface area contributed by atoms with E-state index in [2.05, 4.69) is 37.2 Å². The summed E-state index contributed by atoms with van der Waals surface area (Å²) in [5, 5.41) is 1.28. The van der Waals surface area contributed by atoms with Gasteiger partial charge in [0.1, 0.15) is 5.75 Å². The molecule has 2 rings (SSSR count). The van der Waals surface area contributed by atoms with Crippen LogP contribution >= 0.6 is 0 Å². The number of methoxy groups -OCH3 is 1. The maximum Gasteiger partial charge on any atom is 0.119 e. The second-order valence-electron chi connectivity index (χ2n) is 3.53. The van der Waals surface area contributed by atoms with Gasteiger partial charge in [-0.1, -0.05) is 6.92 Å². The van der Waals surface area contributed by atoms with Gasteiger partial charge < -0.3 is 9.72 Å². The molecule has 0 radical (unpaired) electrons. The highest BCUT2D eigenvalue weighted by molar-refractivity contribution is 5.87. The molecule has 0 atom stereocenters. The van der Waals surface area contributed by atoms with E-state index >= 15 is 0 Å². The Balaban J connectivity index is 2.73. The van der Waals surface area contributed by atoms with Gasteiger partial charge in [0, 0.05) is 17.1 Å². The van der Waals surface area contributed by atoms with Crippen molar-refractivity contribution in [1.82, 2.24) is 4.98 Å². The van der Waals surface area contributed by atoms with Gasteiger partial charge in [0.15, 0.2) is 0 Å². The van der Waals surface area contributed by atoms with Crippen molar-refractivity contribution >= 4 is 10.9 Å². The summed E-state index contributed by atoms with van der Waals surface area (Å²) < 4.78 is 5.26. The maximum atomic E-state index is 5.26. The van der Waals surface area contributed by atoms with E-state index in [1.54, 1.807) is 7.11 Å². The summed E-state index contributed by atoms with van der Waals surface area (Å²) >= 11 is 0. The third kappa shape index (κ3) is 1.27. The number of nitrogens with one attached hydrogen (secondary N) is 1. The number of aryl methyl sites for hydroxylation is 2. The lowest BCUT2D eigenvalue weighted by Crippen LogP contribution is -1.85. The van der Waals surface area contributed by atoms with Gasteiger partial charge in [0.05, 0.1) is 7.11 Å². The number of ether oxygens (including phenoxy) is 1. The molecule has 0 aliphatic carbocycles. The molecule has 0 saturated carbocycles. The van der Waals surface area contributed by atoms with Crippen LogP contribution < -0.4 is 4.74 Å². The van der Waals surface area contributed by atoms with Crippen LogP contribution in [0.5, 0.6) is 5.75 Å². The van der Waals surface area contributed by atoms with Gasteiger partial charge in [-0.05, 0) is 36.6 Å². The number of hydrogen-bond donors (Lipinski definition) is 1. The van der Waals surface area contributed by atoms with Crippen LogP contribution in [-0.2, 0) is 6.42 Å². The van der Waals surface area contributed by atoms with E-state index in [1.165, 1.54) is 22.0 Å². The van der Waals surface area contributed by atoms with Crippen molar-refractivity contribution in [3.8, 4) is 5.75 Å². The van der Waals surface area contributed by atoms with Crippen LogP contribution in [0.25, 0.3) is 10.9 Å². The lowest BCUT2D eigenvalue weighted by atomic mass is 10.1. The highest BCUT2D eigenvalue weighted by Gasteiger charge is 2.06. The molecule has 1 aromatic carbocycles. The maximum absolute atomic E-state index is 5.26. The number of hydrogen-bond acceptors (Lipinski definition) is 1. The Kier molecular flexibility index (Phi) is 2.20. The highest BCUT2D eigenvalue weighted by atomic mass is 16.5. The number of aromatic amines is 1. The van der Waals surface area contributed by atoms with Crippen molar-refractivity contribution < 1.29 is 4.74 Å². The molecule has 0 bridgehead atoms. The Hall–Kier alpha value is -1.44. The molecule has 1 N–H and O–H groups in total. The van der Waals surface area contributed by atoms with Crippen LogP contribution in [0, 0.1) is 6.92 Å².